The van der Waals surface area contributed by atoms with Crippen molar-refractivity contribution in [3.05, 3.63) is 35.9 Å². The van der Waals surface area contributed by atoms with Crippen LogP contribution >= 0.6 is 0 Å². The van der Waals surface area contributed by atoms with Gasteiger partial charge in [-0.3, -0.25) is 9.59 Å². The minimum atomic E-state index is -0.968. The van der Waals surface area contributed by atoms with Crippen LogP contribution < -0.4 is 16.0 Å². The topological polar surface area (TPSA) is 123 Å². The van der Waals surface area contributed by atoms with Gasteiger partial charge in [0, 0.05) is 6.42 Å². The van der Waals surface area contributed by atoms with Crippen LogP contribution in [0.15, 0.2) is 30.3 Å². The zero-order valence-electron chi connectivity index (χ0n) is 20.6. The Balaban J connectivity index is 2.89. The minimum absolute atomic E-state index is 0.146. The zero-order chi connectivity index (χ0) is 25.2. The van der Waals surface area contributed by atoms with Crippen LogP contribution in [0.4, 0.5) is 4.79 Å². The highest BCUT2D eigenvalue weighted by molar-refractivity contribution is 5.93. The van der Waals surface area contributed by atoms with E-state index >= 15 is 0 Å². The molecule has 3 amide bonds. The van der Waals surface area contributed by atoms with Gasteiger partial charge in [-0.25, -0.2) is 9.59 Å². The lowest BCUT2D eigenvalue weighted by atomic mass is 10.0. The van der Waals surface area contributed by atoms with Crippen molar-refractivity contribution >= 4 is 23.9 Å². The largest absolute Gasteiger partial charge is 0.467 e. The third-order valence-electron chi connectivity index (χ3n) is 4.55. The molecule has 3 atom stereocenters. The van der Waals surface area contributed by atoms with Gasteiger partial charge < -0.3 is 25.4 Å². The van der Waals surface area contributed by atoms with Gasteiger partial charge in [0.15, 0.2) is 0 Å². The summed E-state index contributed by atoms with van der Waals surface area (Å²) in [5, 5.41) is 7.82. The molecule has 184 valence electrons. The van der Waals surface area contributed by atoms with Crippen molar-refractivity contribution in [2.75, 3.05) is 7.11 Å². The Morgan fingerprint density at radius 1 is 0.879 bits per heavy atom. The van der Waals surface area contributed by atoms with Crippen molar-refractivity contribution < 1.29 is 28.7 Å². The molecule has 1 aromatic carbocycles. The smallest absolute Gasteiger partial charge is 0.408 e. The van der Waals surface area contributed by atoms with Gasteiger partial charge >= 0.3 is 12.1 Å². The van der Waals surface area contributed by atoms with Gasteiger partial charge in [0.1, 0.15) is 23.7 Å². The number of esters is 1. The molecule has 0 fully saturated rings. The summed E-state index contributed by atoms with van der Waals surface area (Å²) in [5.74, 6) is -1.49. The summed E-state index contributed by atoms with van der Waals surface area (Å²) in [6.07, 6.45) is -0.132. The van der Waals surface area contributed by atoms with Crippen molar-refractivity contribution in [2.24, 2.45) is 5.92 Å². The van der Waals surface area contributed by atoms with E-state index in [4.69, 9.17) is 9.47 Å². The quantitative estimate of drug-likeness (QED) is 0.458. The first kappa shape index (κ1) is 27.9. The van der Waals surface area contributed by atoms with Gasteiger partial charge in [0.05, 0.1) is 7.11 Å². The Morgan fingerprint density at radius 3 is 2.00 bits per heavy atom. The Morgan fingerprint density at radius 2 is 1.48 bits per heavy atom. The maximum Gasteiger partial charge on any atom is 0.408 e. The average molecular weight is 464 g/mol. The molecule has 0 saturated heterocycles. The van der Waals surface area contributed by atoms with Gasteiger partial charge in [-0.1, -0.05) is 44.2 Å². The number of alkyl carbamates (subject to hydrolysis) is 1. The van der Waals surface area contributed by atoms with Crippen molar-refractivity contribution in [1.82, 2.24) is 16.0 Å². The summed E-state index contributed by atoms with van der Waals surface area (Å²) in [5.41, 5.74) is 0.0955. The fourth-order valence-corrected chi connectivity index (χ4v) is 3.01. The van der Waals surface area contributed by atoms with E-state index in [1.54, 1.807) is 20.8 Å². The van der Waals surface area contributed by atoms with Crippen molar-refractivity contribution in [3.63, 3.8) is 0 Å². The third-order valence-corrected chi connectivity index (χ3v) is 4.55. The predicted octanol–water partition coefficient (Wildman–Crippen LogP) is 2.33. The summed E-state index contributed by atoms with van der Waals surface area (Å²) < 4.78 is 10.0. The molecule has 0 aliphatic carbocycles. The summed E-state index contributed by atoms with van der Waals surface area (Å²) in [4.78, 5) is 49.9. The molecule has 0 unspecified atom stereocenters. The molecule has 0 heterocycles. The highest BCUT2D eigenvalue weighted by atomic mass is 16.6. The molecule has 1 aromatic rings. The van der Waals surface area contributed by atoms with Crippen molar-refractivity contribution in [2.45, 2.75) is 78.1 Å². The Labute approximate surface area is 196 Å². The predicted molar refractivity (Wildman–Crippen MR) is 124 cm³/mol. The highest BCUT2D eigenvalue weighted by Gasteiger charge is 2.29. The van der Waals surface area contributed by atoms with Crippen LogP contribution in [0.1, 0.15) is 53.5 Å². The average Bonchev–Trinajstić information content (AvgIpc) is 2.71. The van der Waals surface area contributed by atoms with Crippen LogP contribution in [-0.4, -0.2) is 54.7 Å². The molecule has 0 aromatic heterocycles. The number of benzene rings is 1. The number of ether oxygens (including phenoxy) is 2. The van der Waals surface area contributed by atoms with Gasteiger partial charge in [-0.2, -0.15) is 0 Å². The standard InChI is InChI=1S/C24H37N3O6/c1-15(2)13-19(22(30)32-7)26-20(28)16(3)25-21(29)18(14-17-11-9-8-10-12-17)27-23(31)33-24(4,5)6/h8-12,15-16,18-19H,13-14H2,1-7H3,(H,25,29)(H,26,28)(H,27,31)/t16-,18-,19-/m0/s1. The van der Waals surface area contributed by atoms with E-state index in [-0.39, 0.29) is 12.3 Å². The van der Waals surface area contributed by atoms with E-state index in [2.05, 4.69) is 16.0 Å². The van der Waals surface area contributed by atoms with E-state index in [9.17, 15) is 19.2 Å². The second kappa shape index (κ2) is 12.8. The third kappa shape index (κ3) is 10.9. The Hall–Kier alpha value is -3.10. The molecule has 0 aliphatic heterocycles. The van der Waals surface area contributed by atoms with Crippen LogP contribution in [0, 0.1) is 5.92 Å². The van der Waals surface area contributed by atoms with Crippen LogP contribution in [0.2, 0.25) is 0 Å². The summed E-state index contributed by atoms with van der Waals surface area (Å²) in [7, 11) is 1.25. The molecular weight excluding hydrogens is 426 g/mol. The minimum Gasteiger partial charge on any atom is -0.467 e. The SMILES string of the molecule is COC(=O)[C@H](CC(C)C)NC(=O)[C@H](C)NC(=O)[C@H](Cc1ccccc1)NC(=O)OC(C)(C)C. The number of amides is 3. The fourth-order valence-electron chi connectivity index (χ4n) is 3.01. The van der Waals surface area contributed by atoms with Crippen LogP contribution in [0.5, 0.6) is 0 Å². The van der Waals surface area contributed by atoms with Crippen LogP contribution in [0.3, 0.4) is 0 Å². The molecule has 0 saturated carbocycles. The Kier molecular flexibility index (Phi) is 10.8. The number of nitrogens with one attached hydrogen (secondary N) is 3. The molecule has 33 heavy (non-hydrogen) atoms. The number of carbonyl (C=O) groups excluding carboxylic acids is 4. The maximum absolute atomic E-state index is 13.0. The fraction of sp³-hybridized carbons (Fsp3) is 0.583. The second-order valence-corrected chi connectivity index (χ2v) is 9.33. The molecule has 1 rings (SSSR count). The van der Waals surface area contributed by atoms with Crippen molar-refractivity contribution in [1.29, 1.82) is 0 Å². The number of carbonyl (C=O) groups is 4. The molecule has 0 bridgehead atoms. The number of hydrogen-bond acceptors (Lipinski definition) is 6. The Bertz CT molecular complexity index is 804. The molecule has 0 spiro atoms. The number of hydrogen-bond donors (Lipinski definition) is 3. The van der Waals surface area contributed by atoms with E-state index in [0.717, 1.165) is 5.56 Å². The normalized spacial score (nSPS) is 13.9. The monoisotopic (exact) mass is 463 g/mol. The lowest BCUT2D eigenvalue weighted by Crippen LogP contribution is -2.55. The van der Waals surface area contributed by atoms with E-state index in [1.165, 1.54) is 14.0 Å². The van der Waals surface area contributed by atoms with Crippen LogP contribution in [0.25, 0.3) is 0 Å². The van der Waals surface area contributed by atoms with Crippen LogP contribution in [-0.2, 0) is 30.3 Å². The van der Waals surface area contributed by atoms with Gasteiger partial charge in [-0.15, -0.1) is 0 Å². The molecule has 9 nitrogen and oxygen atoms in total. The molecule has 0 aliphatic rings. The summed E-state index contributed by atoms with van der Waals surface area (Å²) >= 11 is 0. The number of rotatable bonds is 10. The maximum atomic E-state index is 13.0. The van der Waals surface area contributed by atoms with E-state index < -0.39 is 47.6 Å². The zero-order valence-corrected chi connectivity index (χ0v) is 20.6. The second-order valence-electron chi connectivity index (χ2n) is 9.33. The van der Waals surface area contributed by atoms with E-state index in [0.29, 0.717) is 6.42 Å². The molecule has 3 N–H and O–H groups in total. The first-order chi connectivity index (χ1) is 15.3. The lowest BCUT2D eigenvalue weighted by Gasteiger charge is -2.25. The summed E-state index contributed by atoms with van der Waals surface area (Å²) in [6.45, 7) is 10.5. The molecule has 0 radical (unpaired) electrons. The summed E-state index contributed by atoms with van der Waals surface area (Å²) in [6, 6.07) is 6.44. The van der Waals surface area contributed by atoms with Crippen molar-refractivity contribution in [3.8, 4) is 0 Å². The van der Waals surface area contributed by atoms with E-state index in [1.807, 2.05) is 44.2 Å². The van der Waals surface area contributed by atoms with Gasteiger partial charge in [0.2, 0.25) is 11.8 Å². The molecule has 9 heteroatoms. The highest BCUT2D eigenvalue weighted by Crippen LogP contribution is 2.10. The molecular formula is C24H37N3O6. The lowest BCUT2D eigenvalue weighted by molar-refractivity contribution is -0.145. The van der Waals surface area contributed by atoms with Gasteiger partial charge in [-0.05, 0) is 45.6 Å². The first-order valence-corrected chi connectivity index (χ1v) is 11.0. The number of methoxy groups -OCH3 is 1. The first-order valence-electron chi connectivity index (χ1n) is 11.0. The van der Waals surface area contributed by atoms with Gasteiger partial charge in [0.25, 0.3) is 0 Å².